The minimum atomic E-state index is -1.05. The molecule has 0 aliphatic carbocycles. The fourth-order valence-electron chi connectivity index (χ4n) is 3.40. The molecular formula is C17H19NO6. The first-order valence-electron chi connectivity index (χ1n) is 7.52. The Morgan fingerprint density at radius 1 is 1.29 bits per heavy atom. The van der Waals surface area contributed by atoms with E-state index in [1.165, 1.54) is 14.2 Å². The van der Waals surface area contributed by atoms with Crippen molar-refractivity contribution < 1.29 is 28.9 Å². The number of aliphatic carboxylic acids is 1. The summed E-state index contributed by atoms with van der Waals surface area (Å²) in [5.41, 5.74) is -0.509. The lowest BCUT2D eigenvalue weighted by Gasteiger charge is -2.28. The van der Waals surface area contributed by atoms with Gasteiger partial charge in [0, 0.05) is 6.07 Å². The number of carboxylic acids is 1. The molecule has 1 aromatic carbocycles. The van der Waals surface area contributed by atoms with Crippen molar-refractivity contribution in [1.82, 2.24) is 0 Å². The zero-order valence-corrected chi connectivity index (χ0v) is 13.6. The van der Waals surface area contributed by atoms with Crippen molar-refractivity contribution >= 4 is 17.6 Å². The lowest BCUT2D eigenvalue weighted by molar-refractivity contribution is -0.146. The fraction of sp³-hybridized carbons (Fsp3) is 0.412. The highest BCUT2D eigenvalue weighted by molar-refractivity contribution is 5.98. The molecule has 1 saturated heterocycles. The van der Waals surface area contributed by atoms with Crippen molar-refractivity contribution in [3.05, 3.63) is 30.4 Å². The van der Waals surface area contributed by atoms with Crippen LogP contribution < -0.4 is 14.8 Å². The standard InChI is InChI=1S/C17H19NO6/c1-17-7-6-12(24-17)13(16(20)21)14(17)15(19)18-10-8-9(22-2)4-5-11(10)23-3/h4-8,12-14H,1-3H3,(H,18,19)(H,20,21)/t12-,13-,14-,17-/m1/s1. The van der Waals surface area contributed by atoms with Gasteiger partial charge in [-0.1, -0.05) is 12.2 Å². The van der Waals surface area contributed by atoms with E-state index in [1.807, 2.05) is 0 Å². The normalized spacial score (nSPS) is 30.2. The Morgan fingerprint density at radius 2 is 2.04 bits per heavy atom. The molecule has 2 bridgehead atoms. The Kier molecular flexibility index (Phi) is 3.96. The summed E-state index contributed by atoms with van der Waals surface area (Å²) >= 11 is 0. The third-order valence-electron chi connectivity index (χ3n) is 4.57. The van der Waals surface area contributed by atoms with Crippen LogP contribution >= 0.6 is 0 Å². The molecule has 1 fully saturated rings. The van der Waals surface area contributed by atoms with Gasteiger partial charge in [-0.3, -0.25) is 9.59 Å². The van der Waals surface area contributed by atoms with Crippen LogP contribution in [0.1, 0.15) is 6.92 Å². The molecule has 7 heteroatoms. The van der Waals surface area contributed by atoms with Crippen molar-refractivity contribution in [2.45, 2.75) is 18.6 Å². The summed E-state index contributed by atoms with van der Waals surface area (Å²) in [4.78, 5) is 24.4. The number of fused-ring (bicyclic) bond motifs is 2. The Balaban J connectivity index is 1.90. The SMILES string of the molecule is COc1ccc(OC)c(NC(=O)[C@H]2[C@H](C(=O)O)[C@H]3C=C[C@@]2(C)O3)c1. The number of amides is 1. The molecule has 2 aliphatic rings. The van der Waals surface area contributed by atoms with E-state index in [2.05, 4.69) is 5.32 Å². The monoisotopic (exact) mass is 333 g/mol. The molecule has 0 aromatic heterocycles. The van der Waals surface area contributed by atoms with Crippen LogP contribution in [0.5, 0.6) is 11.5 Å². The summed E-state index contributed by atoms with van der Waals surface area (Å²) in [6.07, 6.45) is 2.87. The smallest absolute Gasteiger partial charge is 0.310 e. The molecule has 3 rings (SSSR count). The van der Waals surface area contributed by atoms with Crippen LogP contribution in [0.3, 0.4) is 0 Å². The second-order valence-electron chi connectivity index (χ2n) is 6.02. The molecular weight excluding hydrogens is 314 g/mol. The largest absolute Gasteiger partial charge is 0.497 e. The van der Waals surface area contributed by atoms with E-state index in [-0.39, 0.29) is 0 Å². The minimum Gasteiger partial charge on any atom is -0.497 e. The molecule has 4 atom stereocenters. The average molecular weight is 333 g/mol. The summed E-state index contributed by atoms with van der Waals surface area (Å²) in [5.74, 6) is -2.22. The number of anilines is 1. The maximum Gasteiger partial charge on any atom is 0.310 e. The molecule has 2 aliphatic heterocycles. The van der Waals surface area contributed by atoms with Gasteiger partial charge in [0.2, 0.25) is 5.91 Å². The van der Waals surface area contributed by atoms with Crippen LogP contribution in [0.4, 0.5) is 5.69 Å². The van der Waals surface area contributed by atoms with Crippen LogP contribution in [0.2, 0.25) is 0 Å². The van der Waals surface area contributed by atoms with Gasteiger partial charge in [-0.25, -0.2) is 0 Å². The third kappa shape index (κ3) is 2.50. The number of rotatable bonds is 5. The third-order valence-corrected chi connectivity index (χ3v) is 4.57. The van der Waals surface area contributed by atoms with Gasteiger partial charge < -0.3 is 24.6 Å². The first-order valence-corrected chi connectivity index (χ1v) is 7.52. The van der Waals surface area contributed by atoms with Crippen molar-refractivity contribution in [3.8, 4) is 11.5 Å². The fourth-order valence-corrected chi connectivity index (χ4v) is 3.40. The predicted molar refractivity (Wildman–Crippen MR) is 85.2 cm³/mol. The van der Waals surface area contributed by atoms with Crippen LogP contribution in [0, 0.1) is 11.8 Å². The summed E-state index contributed by atoms with van der Waals surface area (Å²) in [5, 5.41) is 12.2. The number of ether oxygens (including phenoxy) is 3. The number of nitrogens with one attached hydrogen (secondary N) is 1. The van der Waals surface area contributed by atoms with E-state index in [1.54, 1.807) is 37.3 Å². The van der Waals surface area contributed by atoms with Crippen molar-refractivity contribution in [2.24, 2.45) is 11.8 Å². The molecule has 1 amide bonds. The van der Waals surface area contributed by atoms with Gasteiger partial charge >= 0.3 is 5.97 Å². The van der Waals surface area contributed by atoms with E-state index in [9.17, 15) is 14.7 Å². The van der Waals surface area contributed by atoms with Crippen molar-refractivity contribution in [3.63, 3.8) is 0 Å². The second kappa shape index (κ2) is 5.83. The highest BCUT2D eigenvalue weighted by Gasteiger charge is 2.59. The molecule has 2 heterocycles. The van der Waals surface area contributed by atoms with E-state index in [0.717, 1.165) is 0 Å². The van der Waals surface area contributed by atoms with E-state index < -0.39 is 35.4 Å². The molecule has 1 aromatic rings. The summed E-state index contributed by atoms with van der Waals surface area (Å²) in [6, 6.07) is 5.00. The summed E-state index contributed by atoms with van der Waals surface area (Å²) in [6.45, 7) is 1.72. The number of carbonyl (C=O) groups excluding carboxylic acids is 1. The minimum absolute atomic E-state index is 0.418. The molecule has 0 saturated carbocycles. The van der Waals surface area contributed by atoms with Gasteiger partial charge in [0.25, 0.3) is 0 Å². The van der Waals surface area contributed by atoms with E-state index in [0.29, 0.717) is 17.2 Å². The quantitative estimate of drug-likeness (QED) is 0.796. The number of hydrogen-bond acceptors (Lipinski definition) is 5. The number of hydrogen-bond donors (Lipinski definition) is 2. The van der Waals surface area contributed by atoms with Crippen LogP contribution in [-0.2, 0) is 14.3 Å². The molecule has 2 N–H and O–H groups in total. The topological polar surface area (TPSA) is 94.1 Å². The van der Waals surface area contributed by atoms with E-state index >= 15 is 0 Å². The van der Waals surface area contributed by atoms with Gasteiger partial charge in [0.1, 0.15) is 17.4 Å². The maximum absolute atomic E-state index is 12.8. The molecule has 0 unspecified atom stereocenters. The van der Waals surface area contributed by atoms with Gasteiger partial charge in [-0.15, -0.1) is 0 Å². The summed E-state index contributed by atoms with van der Waals surface area (Å²) in [7, 11) is 3.01. The Morgan fingerprint density at radius 3 is 2.67 bits per heavy atom. The van der Waals surface area contributed by atoms with Crippen LogP contribution in [-0.4, -0.2) is 42.9 Å². The molecule has 0 radical (unpaired) electrons. The molecule has 24 heavy (non-hydrogen) atoms. The second-order valence-corrected chi connectivity index (χ2v) is 6.02. The predicted octanol–water partition coefficient (Wildman–Crippen LogP) is 1.69. The van der Waals surface area contributed by atoms with Gasteiger partial charge in [0.15, 0.2) is 0 Å². The number of methoxy groups -OCH3 is 2. The van der Waals surface area contributed by atoms with Crippen LogP contribution in [0.15, 0.2) is 30.4 Å². The first-order chi connectivity index (χ1) is 11.4. The number of carboxylic acid groups (broad SMARTS) is 1. The Bertz CT molecular complexity index is 715. The number of benzene rings is 1. The zero-order valence-electron chi connectivity index (χ0n) is 13.6. The lowest BCUT2D eigenvalue weighted by atomic mass is 9.75. The van der Waals surface area contributed by atoms with Gasteiger partial charge in [-0.05, 0) is 19.1 Å². The van der Waals surface area contributed by atoms with Crippen molar-refractivity contribution in [1.29, 1.82) is 0 Å². The lowest BCUT2D eigenvalue weighted by Crippen LogP contribution is -2.44. The summed E-state index contributed by atoms with van der Waals surface area (Å²) < 4.78 is 16.1. The Hall–Kier alpha value is -2.54. The molecule has 0 spiro atoms. The maximum atomic E-state index is 12.8. The van der Waals surface area contributed by atoms with Crippen molar-refractivity contribution in [2.75, 3.05) is 19.5 Å². The zero-order chi connectivity index (χ0) is 17.5. The highest BCUT2D eigenvalue weighted by Crippen LogP contribution is 2.47. The van der Waals surface area contributed by atoms with Crippen LogP contribution in [0.25, 0.3) is 0 Å². The van der Waals surface area contributed by atoms with Gasteiger partial charge in [0.05, 0.1) is 37.5 Å². The average Bonchev–Trinajstić information content (AvgIpc) is 3.07. The highest BCUT2D eigenvalue weighted by atomic mass is 16.5. The number of carbonyl (C=O) groups is 2. The van der Waals surface area contributed by atoms with E-state index in [4.69, 9.17) is 14.2 Å². The van der Waals surface area contributed by atoms with Gasteiger partial charge in [-0.2, -0.15) is 0 Å². The first kappa shape index (κ1) is 16.3. The molecule has 7 nitrogen and oxygen atoms in total. The molecule has 128 valence electrons. The Labute approximate surface area is 139 Å².